The SMILES string of the molecule is NC1(C(=O)NCc2ccc(COc3ccccc3)cc2)CCCC1. The van der Waals surface area contributed by atoms with Crippen LogP contribution in [-0.2, 0) is 17.9 Å². The largest absolute Gasteiger partial charge is 0.489 e. The highest BCUT2D eigenvalue weighted by Gasteiger charge is 2.36. The maximum atomic E-state index is 12.2. The molecule has 0 bridgehead atoms. The minimum atomic E-state index is -0.663. The van der Waals surface area contributed by atoms with Gasteiger partial charge < -0.3 is 15.8 Å². The van der Waals surface area contributed by atoms with Crippen LogP contribution in [0, 0.1) is 0 Å². The molecule has 0 atom stereocenters. The van der Waals surface area contributed by atoms with Crippen LogP contribution in [0.2, 0.25) is 0 Å². The summed E-state index contributed by atoms with van der Waals surface area (Å²) in [6.07, 6.45) is 3.66. The molecule has 1 aliphatic carbocycles. The first-order valence-electron chi connectivity index (χ1n) is 8.49. The first-order valence-corrected chi connectivity index (χ1v) is 8.49. The van der Waals surface area contributed by atoms with Crippen LogP contribution in [-0.4, -0.2) is 11.4 Å². The molecule has 2 aromatic rings. The van der Waals surface area contributed by atoms with Crippen molar-refractivity contribution in [1.29, 1.82) is 0 Å². The van der Waals surface area contributed by atoms with Gasteiger partial charge in [0, 0.05) is 6.54 Å². The molecule has 1 fully saturated rings. The van der Waals surface area contributed by atoms with Gasteiger partial charge in [0.05, 0.1) is 5.54 Å². The summed E-state index contributed by atoms with van der Waals surface area (Å²) in [7, 11) is 0. The van der Waals surface area contributed by atoms with Gasteiger partial charge in [-0.05, 0) is 36.1 Å². The molecule has 4 nitrogen and oxygen atoms in total. The van der Waals surface area contributed by atoms with Crippen LogP contribution < -0.4 is 15.8 Å². The van der Waals surface area contributed by atoms with Gasteiger partial charge in [-0.2, -0.15) is 0 Å². The second kappa shape index (κ2) is 7.49. The third-order valence-electron chi connectivity index (χ3n) is 4.57. The highest BCUT2D eigenvalue weighted by Crippen LogP contribution is 2.27. The maximum Gasteiger partial charge on any atom is 0.240 e. The Morgan fingerprint density at radius 1 is 1.00 bits per heavy atom. The summed E-state index contributed by atoms with van der Waals surface area (Å²) in [4.78, 5) is 12.2. The summed E-state index contributed by atoms with van der Waals surface area (Å²) in [5, 5.41) is 2.96. The lowest BCUT2D eigenvalue weighted by Gasteiger charge is -2.22. The monoisotopic (exact) mass is 324 g/mol. The second-order valence-electron chi connectivity index (χ2n) is 6.46. The molecule has 0 unspecified atom stereocenters. The standard InChI is InChI=1S/C20H24N2O2/c21-20(12-4-5-13-20)19(23)22-14-16-8-10-17(11-9-16)15-24-18-6-2-1-3-7-18/h1-3,6-11H,4-5,12-15,21H2,(H,22,23). The highest BCUT2D eigenvalue weighted by atomic mass is 16.5. The predicted molar refractivity (Wildman–Crippen MR) is 94.4 cm³/mol. The molecule has 0 radical (unpaired) electrons. The van der Waals surface area contributed by atoms with Gasteiger partial charge in [0.15, 0.2) is 0 Å². The van der Waals surface area contributed by atoms with Gasteiger partial charge in [0.25, 0.3) is 0 Å². The molecular formula is C20H24N2O2. The van der Waals surface area contributed by atoms with E-state index in [0.29, 0.717) is 13.2 Å². The van der Waals surface area contributed by atoms with E-state index in [0.717, 1.165) is 42.6 Å². The van der Waals surface area contributed by atoms with Crippen molar-refractivity contribution in [2.24, 2.45) is 5.73 Å². The quantitative estimate of drug-likeness (QED) is 0.858. The van der Waals surface area contributed by atoms with Crippen molar-refractivity contribution in [2.45, 2.75) is 44.4 Å². The fraction of sp³-hybridized carbons (Fsp3) is 0.350. The first kappa shape index (κ1) is 16.5. The van der Waals surface area contributed by atoms with Crippen molar-refractivity contribution >= 4 is 5.91 Å². The van der Waals surface area contributed by atoms with Crippen molar-refractivity contribution in [3.63, 3.8) is 0 Å². The molecule has 126 valence electrons. The number of carbonyl (C=O) groups excluding carboxylic acids is 1. The van der Waals surface area contributed by atoms with Crippen LogP contribution in [0.4, 0.5) is 0 Å². The van der Waals surface area contributed by atoms with E-state index in [2.05, 4.69) is 5.32 Å². The number of nitrogens with one attached hydrogen (secondary N) is 1. The van der Waals surface area contributed by atoms with Gasteiger partial charge in [-0.25, -0.2) is 0 Å². The fourth-order valence-electron chi connectivity index (χ4n) is 3.03. The Bertz CT molecular complexity index is 662. The Morgan fingerprint density at radius 3 is 2.29 bits per heavy atom. The molecule has 0 aliphatic heterocycles. The number of para-hydroxylation sites is 1. The molecule has 1 amide bonds. The number of hydrogen-bond acceptors (Lipinski definition) is 3. The maximum absolute atomic E-state index is 12.2. The highest BCUT2D eigenvalue weighted by molar-refractivity contribution is 5.86. The van der Waals surface area contributed by atoms with Crippen LogP contribution in [0.5, 0.6) is 5.75 Å². The van der Waals surface area contributed by atoms with Gasteiger partial charge in [-0.15, -0.1) is 0 Å². The smallest absolute Gasteiger partial charge is 0.240 e. The van der Waals surface area contributed by atoms with Crippen molar-refractivity contribution in [3.05, 3.63) is 65.7 Å². The molecule has 1 aliphatic rings. The number of rotatable bonds is 6. The molecule has 0 spiro atoms. The van der Waals surface area contributed by atoms with E-state index in [9.17, 15) is 4.79 Å². The molecule has 1 saturated carbocycles. The first-order chi connectivity index (χ1) is 11.7. The molecule has 0 aromatic heterocycles. The van der Waals surface area contributed by atoms with Crippen LogP contribution in [0.25, 0.3) is 0 Å². The summed E-state index contributed by atoms with van der Waals surface area (Å²) in [6, 6.07) is 17.8. The van der Waals surface area contributed by atoms with E-state index in [1.165, 1.54) is 0 Å². The van der Waals surface area contributed by atoms with E-state index in [-0.39, 0.29) is 5.91 Å². The van der Waals surface area contributed by atoms with Crippen molar-refractivity contribution < 1.29 is 9.53 Å². The summed E-state index contributed by atoms with van der Waals surface area (Å²) < 4.78 is 5.72. The Morgan fingerprint density at radius 2 is 1.62 bits per heavy atom. The van der Waals surface area contributed by atoms with Crippen molar-refractivity contribution in [1.82, 2.24) is 5.32 Å². The van der Waals surface area contributed by atoms with Crippen LogP contribution in [0.15, 0.2) is 54.6 Å². The van der Waals surface area contributed by atoms with Crippen LogP contribution in [0.1, 0.15) is 36.8 Å². The lowest BCUT2D eigenvalue weighted by molar-refractivity contribution is -0.126. The Kier molecular flexibility index (Phi) is 5.16. The average molecular weight is 324 g/mol. The molecular weight excluding hydrogens is 300 g/mol. The van der Waals surface area contributed by atoms with E-state index in [4.69, 9.17) is 10.5 Å². The van der Waals surface area contributed by atoms with E-state index < -0.39 is 5.54 Å². The molecule has 0 heterocycles. The summed E-state index contributed by atoms with van der Waals surface area (Å²) in [5.74, 6) is 0.829. The van der Waals surface area contributed by atoms with E-state index in [1.54, 1.807) is 0 Å². The number of ether oxygens (including phenoxy) is 1. The summed E-state index contributed by atoms with van der Waals surface area (Å²) >= 11 is 0. The molecule has 3 N–H and O–H groups in total. The Hall–Kier alpha value is -2.33. The number of hydrogen-bond donors (Lipinski definition) is 2. The van der Waals surface area contributed by atoms with Gasteiger partial charge >= 0.3 is 0 Å². The average Bonchev–Trinajstić information content (AvgIpc) is 3.07. The minimum absolute atomic E-state index is 0.0310. The normalized spacial score (nSPS) is 15.9. The zero-order chi connectivity index (χ0) is 16.8. The number of carbonyl (C=O) groups is 1. The number of nitrogens with two attached hydrogens (primary N) is 1. The van der Waals surface area contributed by atoms with Crippen LogP contribution in [0.3, 0.4) is 0 Å². The summed E-state index contributed by atoms with van der Waals surface area (Å²) in [5.41, 5.74) is 7.65. The topological polar surface area (TPSA) is 64.4 Å². The van der Waals surface area contributed by atoms with E-state index in [1.807, 2.05) is 54.6 Å². The lowest BCUT2D eigenvalue weighted by atomic mass is 9.98. The molecule has 4 heteroatoms. The van der Waals surface area contributed by atoms with Gasteiger partial charge in [0.2, 0.25) is 5.91 Å². The third-order valence-corrected chi connectivity index (χ3v) is 4.57. The molecule has 3 rings (SSSR count). The van der Waals surface area contributed by atoms with Crippen molar-refractivity contribution in [3.8, 4) is 5.75 Å². The molecule has 0 saturated heterocycles. The second-order valence-corrected chi connectivity index (χ2v) is 6.46. The lowest BCUT2D eigenvalue weighted by Crippen LogP contribution is -2.51. The van der Waals surface area contributed by atoms with Gasteiger partial charge in [0.1, 0.15) is 12.4 Å². The fourth-order valence-corrected chi connectivity index (χ4v) is 3.03. The van der Waals surface area contributed by atoms with Gasteiger partial charge in [-0.1, -0.05) is 55.3 Å². The minimum Gasteiger partial charge on any atom is -0.489 e. The van der Waals surface area contributed by atoms with Gasteiger partial charge in [-0.3, -0.25) is 4.79 Å². The summed E-state index contributed by atoms with van der Waals surface area (Å²) in [6.45, 7) is 1.04. The van der Waals surface area contributed by atoms with E-state index >= 15 is 0 Å². The van der Waals surface area contributed by atoms with Crippen molar-refractivity contribution in [2.75, 3.05) is 0 Å². The zero-order valence-electron chi connectivity index (χ0n) is 13.8. The molecule has 2 aromatic carbocycles. The molecule has 24 heavy (non-hydrogen) atoms. The number of amides is 1. The third kappa shape index (κ3) is 4.15. The zero-order valence-corrected chi connectivity index (χ0v) is 13.8. The van der Waals surface area contributed by atoms with Crippen LogP contribution >= 0.6 is 0 Å². The Labute approximate surface area is 143 Å². The number of benzene rings is 2. The predicted octanol–water partition coefficient (Wildman–Crippen LogP) is 3.15. The Balaban J connectivity index is 1.48.